The van der Waals surface area contributed by atoms with Gasteiger partial charge in [-0.25, -0.2) is 4.99 Å². The van der Waals surface area contributed by atoms with Gasteiger partial charge in [-0.2, -0.15) is 0 Å². The number of allylic oxidation sites excluding steroid dienone is 2. The van der Waals surface area contributed by atoms with Crippen molar-refractivity contribution in [2.75, 3.05) is 0 Å². The van der Waals surface area contributed by atoms with Gasteiger partial charge in [-0.15, -0.1) is 0 Å². The van der Waals surface area contributed by atoms with E-state index >= 15 is 0 Å². The van der Waals surface area contributed by atoms with E-state index in [1.807, 2.05) is 56.3 Å². The summed E-state index contributed by atoms with van der Waals surface area (Å²) < 4.78 is 5.66. The fraction of sp³-hybridized carbons (Fsp3) is 0.167. The maximum absolute atomic E-state index is 5.66. The third-order valence-corrected chi connectivity index (χ3v) is 3.04. The number of aliphatic imine (C=N–C) groups is 1. The van der Waals surface area contributed by atoms with E-state index in [0.717, 1.165) is 17.0 Å². The van der Waals surface area contributed by atoms with Crippen LogP contribution in [0.15, 0.2) is 72.3 Å². The summed E-state index contributed by atoms with van der Waals surface area (Å²) in [6, 6.07) is 11.5. The van der Waals surface area contributed by atoms with Crippen molar-refractivity contribution in [3.8, 4) is 0 Å². The van der Waals surface area contributed by atoms with Crippen LogP contribution in [0.4, 0.5) is 0 Å². The summed E-state index contributed by atoms with van der Waals surface area (Å²) >= 11 is 0. The first kappa shape index (κ1) is 15.6. The summed E-state index contributed by atoms with van der Waals surface area (Å²) in [5.41, 5.74) is 2.62. The van der Waals surface area contributed by atoms with Gasteiger partial charge in [0.2, 0.25) is 5.88 Å². The van der Waals surface area contributed by atoms with Crippen LogP contribution in [-0.4, -0.2) is 16.2 Å². The second kappa shape index (κ2) is 7.88. The average Bonchev–Trinajstić information content (AvgIpc) is 2.57. The van der Waals surface area contributed by atoms with Crippen LogP contribution >= 0.6 is 0 Å². The molecule has 0 bridgehead atoms. The molecule has 0 fully saturated rings. The quantitative estimate of drug-likeness (QED) is 0.592. The molecule has 2 aromatic rings. The Bertz CT molecular complexity index is 663. The first-order valence-corrected chi connectivity index (χ1v) is 7.09. The Morgan fingerprint density at radius 2 is 1.91 bits per heavy atom. The van der Waals surface area contributed by atoms with Crippen molar-refractivity contribution in [2.24, 2.45) is 4.99 Å². The number of rotatable bonds is 6. The maximum atomic E-state index is 5.66. The van der Waals surface area contributed by atoms with Gasteiger partial charge in [0.25, 0.3) is 0 Å². The van der Waals surface area contributed by atoms with E-state index in [-0.39, 0.29) is 6.10 Å². The van der Waals surface area contributed by atoms with Gasteiger partial charge >= 0.3 is 0 Å². The second-order valence-corrected chi connectivity index (χ2v) is 4.63. The zero-order chi connectivity index (χ0) is 15.8. The molecule has 4 heteroatoms. The third kappa shape index (κ3) is 4.38. The van der Waals surface area contributed by atoms with Crippen LogP contribution in [0, 0.1) is 0 Å². The zero-order valence-electron chi connectivity index (χ0n) is 12.8. The molecule has 2 heterocycles. The van der Waals surface area contributed by atoms with Crippen LogP contribution in [0.25, 0.3) is 5.57 Å². The Morgan fingerprint density at radius 3 is 2.50 bits per heavy atom. The Balaban J connectivity index is 1.99. The minimum Gasteiger partial charge on any atom is -0.469 e. The molecular weight excluding hydrogens is 274 g/mol. The molecule has 0 saturated carbocycles. The highest BCUT2D eigenvalue weighted by atomic mass is 16.5. The highest BCUT2D eigenvalue weighted by Gasteiger charge is 2.08. The smallest absolute Gasteiger partial charge is 0.206 e. The van der Waals surface area contributed by atoms with Gasteiger partial charge in [-0.1, -0.05) is 18.2 Å². The molecule has 0 N–H and O–H groups in total. The molecule has 4 nitrogen and oxygen atoms in total. The minimum atomic E-state index is -0.199. The molecule has 0 aromatic carbocycles. The van der Waals surface area contributed by atoms with Crippen LogP contribution in [0.3, 0.4) is 0 Å². The summed E-state index contributed by atoms with van der Waals surface area (Å²) in [6.07, 6.45) is 6.94. The number of aromatic nitrogens is 2. The van der Waals surface area contributed by atoms with E-state index in [1.165, 1.54) is 0 Å². The monoisotopic (exact) mass is 293 g/mol. The van der Waals surface area contributed by atoms with Crippen molar-refractivity contribution in [3.05, 3.63) is 78.7 Å². The van der Waals surface area contributed by atoms with Crippen molar-refractivity contribution in [1.29, 1.82) is 0 Å². The molecule has 0 aliphatic heterocycles. The molecule has 0 aliphatic carbocycles. The molecule has 22 heavy (non-hydrogen) atoms. The van der Waals surface area contributed by atoms with Crippen molar-refractivity contribution in [2.45, 2.75) is 20.0 Å². The summed E-state index contributed by atoms with van der Waals surface area (Å²) in [5.74, 6) is 0.341. The van der Waals surface area contributed by atoms with Gasteiger partial charge in [-0.05, 0) is 44.7 Å². The average molecular weight is 293 g/mol. The molecule has 112 valence electrons. The zero-order valence-corrected chi connectivity index (χ0v) is 12.8. The summed E-state index contributed by atoms with van der Waals surface area (Å²) in [6.45, 7) is 7.68. The SMILES string of the molecule is C=C(/N=C\C(=C/C)c1ccccn1)OC(C)c1ccccn1. The number of hydrogen-bond acceptors (Lipinski definition) is 4. The van der Waals surface area contributed by atoms with Crippen LogP contribution in [-0.2, 0) is 4.74 Å². The topological polar surface area (TPSA) is 47.4 Å². The van der Waals surface area contributed by atoms with Crippen molar-refractivity contribution < 1.29 is 4.74 Å². The number of ether oxygens (including phenoxy) is 1. The molecule has 0 aliphatic rings. The van der Waals surface area contributed by atoms with E-state index in [4.69, 9.17) is 4.74 Å². The Hall–Kier alpha value is -2.75. The van der Waals surface area contributed by atoms with Crippen LogP contribution < -0.4 is 0 Å². The Morgan fingerprint density at radius 1 is 1.18 bits per heavy atom. The van der Waals surface area contributed by atoms with E-state index in [2.05, 4.69) is 21.5 Å². The molecule has 0 radical (unpaired) electrons. The lowest BCUT2D eigenvalue weighted by Gasteiger charge is -2.13. The molecule has 1 unspecified atom stereocenters. The fourth-order valence-electron chi connectivity index (χ4n) is 1.87. The maximum Gasteiger partial charge on any atom is 0.206 e. The van der Waals surface area contributed by atoms with Gasteiger partial charge in [-0.3, -0.25) is 9.97 Å². The highest BCUT2D eigenvalue weighted by Crippen LogP contribution is 2.17. The number of pyridine rings is 2. The normalized spacial score (nSPS) is 13.1. The van der Waals surface area contributed by atoms with Crippen LogP contribution in [0.5, 0.6) is 0 Å². The molecule has 0 spiro atoms. The van der Waals surface area contributed by atoms with Crippen LogP contribution in [0.2, 0.25) is 0 Å². The lowest BCUT2D eigenvalue weighted by Crippen LogP contribution is -2.01. The molecular formula is C18H19N3O. The van der Waals surface area contributed by atoms with Gasteiger partial charge < -0.3 is 4.74 Å². The fourth-order valence-corrected chi connectivity index (χ4v) is 1.87. The largest absolute Gasteiger partial charge is 0.469 e. The molecule has 1 atom stereocenters. The third-order valence-electron chi connectivity index (χ3n) is 3.04. The first-order valence-electron chi connectivity index (χ1n) is 7.09. The second-order valence-electron chi connectivity index (χ2n) is 4.63. The van der Waals surface area contributed by atoms with E-state index in [1.54, 1.807) is 18.6 Å². The Kier molecular flexibility index (Phi) is 5.60. The number of nitrogens with zero attached hydrogens (tertiary/aromatic N) is 3. The summed E-state index contributed by atoms with van der Waals surface area (Å²) in [7, 11) is 0. The van der Waals surface area contributed by atoms with Gasteiger partial charge in [0, 0.05) is 24.2 Å². The molecule has 2 aromatic heterocycles. The lowest BCUT2D eigenvalue weighted by atomic mass is 10.2. The summed E-state index contributed by atoms with van der Waals surface area (Å²) in [5, 5.41) is 0. The van der Waals surface area contributed by atoms with Crippen molar-refractivity contribution in [1.82, 2.24) is 9.97 Å². The Labute approximate surface area is 130 Å². The van der Waals surface area contributed by atoms with E-state index in [0.29, 0.717) is 5.88 Å². The van der Waals surface area contributed by atoms with E-state index in [9.17, 15) is 0 Å². The van der Waals surface area contributed by atoms with Crippen LogP contribution in [0.1, 0.15) is 31.3 Å². The van der Waals surface area contributed by atoms with Gasteiger partial charge in [0.15, 0.2) is 0 Å². The highest BCUT2D eigenvalue weighted by molar-refractivity contribution is 6.09. The molecule has 0 amide bonds. The van der Waals surface area contributed by atoms with Crippen molar-refractivity contribution >= 4 is 11.8 Å². The van der Waals surface area contributed by atoms with Gasteiger partial charge in [0.05, 0.1) is 11.4 Å². The predicted molar refractivity (Wildman–Crippen MR) is 89.3 cm³/mol. The predicted octanol–water partition coefficient (Wildman–Crippen LogP) is 4.20. The van der Waals surface area contributed by atoms with Crippen molar-refractivity contribution in [3.63, 3.8) is 0 Å². The van der Waals surface area contributed by atoms with Gasteiger partial charge in [0.1, 0.15) is 6.10 Å². The molecule has 0 saturated heterocycles. The summed E-state index contributed by atoms with van der Waals surface area (Å²) in [4.78, 5) is 12.8. The minimum absolute atomic E-state index is 0.199. The first-order chi connectivity index (χ1) is 10.7. The lowest BCUT2D eigenvalue weighted by molar-refractivity contribution is 0.129. The molecule has 2 rings (SSSR count). The standard InChI is InChI=1S/C18H19N3O/c1-4-16(18-10-6-8-12-20-18)13-21-15(3)22-14(2)17-9-5-7-11-19-17/h4-14H,3H2,1-2H3/b16-4+,21-13-. The number of hydrogen-bond donors (Lipinski definition) is 0. The van der Waals surface area contributed by atoms with E-state index < -0.39 is 0 Å².